The summed E-state index contributed by atoms with van der Waals surface area (Å²) >= 11 is 0. The van der Waals surface area contributed by atoms with Gasteiger partial charge in [-0.3, -0.25) is 9.80 Å². The second kappa shape index (κ2) is 6.99. The van der Waals surface area contributed by atoms with Crippen LogP contribution in [0.5, 0.6) is 5.75 Å². The van der Waals surface area contributed by atoms with Gasteiger partial charge in [-0.15, -0.1) is 0 Å². The number of ether oxygens (including phenoxy) is 1. The molecule has 4 heteroatoms. The maximum atomic E-state index is 5.21. The Kier molecular flexibility index (Phi) is 4.80. The van der Waals surface area contributed by atoms with Crippen molar-refractivity contribution in [3.05, 3.63) is 53.9 Å². The van der Waals surface area contributed by atoms with E-state index in [1.54, 1.807) is 7.11 Å². The van der Waals surface area contributed by atoms with Gasteiger partial charge in [-0.2, -0.15) is 0 Å². The van der Waals surface area contributed by atoms with Crippen LogP contribution in [0.15, 0.2) is 42.6 Å². The molecular weight excluding hydrogens is 274 g/mol. The number of rotatable bonds is 5. The Hall–Kier alpha value is -1.78. The first kappa shape index (κ1) is 15.1. The molecular formula is C18H25N3O. The molecule has 0 aliphatic carbocycles. The number of methoxy groups -OCH3 is 1. The van der Waals surface area contributed by atoms with Crippen molar-refractivity contribution in [3.8, 4) is 5.75 Å². The van der Waals surface area contributed by atoms with E-state index in [-0.39, 0.29) is 0 Å². The van der Waals surface area contributed by atoms with Crippen molar-refractivity contribution in [2.45, 2.75) is 13.1 Å². The Morgan fingerprint density at radius 1 is 0.909 bits per heavy atom. The molecule has 0 unspecified atom stereocenters. The fourth-order valence-electron chi connectivity index (χ4n) is 2.98. The summed E-state index contributed by atoms with van der Waals surface area (Å²) in [4.78, 5) is 5.07. The molecule has 0 radical (unpaired) electrons. The number of hydrogen-bond acceptors (Lipinski definition) is 3. The largest absolute Gasteiger partial charge is 0.497 e. The van der Waals surface area contributed by atoms with E-state index < -0.39 is 0 Å². The zero-order valence-corrected chi connectivity index (χ0v) is 13.5. The predicted molar refractivity (Wildman–Crippen MR) is 89.0 cm³/mol. The van der Waals surface area contributed by atoms with E-state index in [4.69, 9.17) is 4.74 Å². The van der Waals surface area contributed by atoms with Crippen LogP contribution >= 0.6 is 0 Å². The maximum absolute atomic E-state index is 5.21. The van der Waals surface area contributed by atoms with Crippen LogP contribution in [0, 0.1) is 0 Å². The summed E-state index contributed by atoms with van der Waals surface area (Å²) < 4.78 is 7.42. The molecule has 0 spiro atoms. The molecule has 1 saturated heterocycles. The van der Waals surface area contributed by atoms with Gasteiger partial charge in [0.25, 0.3) is 0 Å². The van der Waals surface area contributed by atoms with Crippen molar-refractivity contribution in [3.63, 3.8) is 0 Å². The quantitative estimate of drug-likeness (QED) is 0.845. The van der Waals surface area contributed by atoms with Crippen LogP contribution < -0.4 is 4.74 Å². The van der Waals surface area contributed by atoms with E-state index >= 15 is 0 Å². The van der Waals surface area contributed by atoms with Crippen LogP contribution in [0.2, 0.25) is 0 Å². The highest BCUT2D eigenvalue weighted by molar-refractivity contribution is 5.27. The Morgan fingerprint density at radius 2 is 1.55 bits per heavy atom. The minimum Gasteiger partial charge on any atom is -0.497 e. The van der Waals surface area contributed by atoms with E-state index in [2.05, 4.69) is 51.9 Å². The Morgan fingerprint density at radius 3 is 2.09 bits per heavy atom. The number of aromatic nitrogens is 1. The predicted octanol–water partition coefficient (Wildman–Crippen LogP) is 2.35. The van der Waals surface area contributed by atoms with Gasteiger partial charge in [0.2, 0.25) is 0 Å². The van der Waals surface area contributed by atoms with Crippen LogP contribution in [0.4, 0.5) is 0 Å². The molecule has 1 aliphatic rings. The minimum atomic E-state index is 0.927. The molecule has 1 aromatic carbocycles. The molecule has 118 valence electrons. The van der Waals surface area contributed by atoms with E-state index in [1.165, 1.54) is 11.3 Å². The van der Waals surface area contributed by atoms with Crippen LogP contribution in [0.25, 0.3) is 0 Å². The number of hydrogen-bond donors (Lipinski definition) is 0. The third-order valence-corrected chi connectivity index (χ3v) is 4.47. The molecule has 1 aromatic heterocycles. The van der Waals surface area contributed by atoms with E-state index in [1.807, 2.05) is 12.1 Å². The number of benzene rings is 1. The first-order chi connectivity index (χ1) is 10.7. The van der Waals surface area contributed by atoms with Crippen molar-refractivity contribution >= 4 is 0 Å². The molecule has 22 heavy (non-hydrogen) atoms. The number of piperazine rings is 1. The topological polar surface area (TPSA) is 20.6 Å². The van der Waals surface area contributed by atoms with Crippen molar-refractivity contribution in [2.75, 3.05) is 33.3 Å². The molecule has 0 amide bonds. The van der Waals surface area contributed by atoms with Crippen LogP contribution in [-0.4, -0.2) is 47.7 Å². The molecule has 0 atom stereocenters. The lowest BCUT2D eigenvalue weighted by Gasteiger charge is -2.34. The van der Waals surface area contributed by atoms with Crippen molar-refractivity contribution < 1.29 is 4.74 Å². The summed E-state index contributed by atoms with van der Waals surface area (Å²) in [6.07, 6.45) is 2.12. The summed E-state index contributed by atoms with van der Waals surface area (Å²) in [5.74, 6) is 0.927. The zero-order chi connectivity index (χ0) is 15.4. The van der Waals surface area contributed by atoms with Gasteiger partial charge in [-0.25, -0.2) is 0 Å². The Labute approximate surface area is 132 Å². The fraction of sp³-hybridized carbons (Fsp3) is 0.444. The highest BCUT2D eigenvalue weighted by atomic mass is 16.5. The summed E-state index contributed by atoms with van der Waals surface area (Å²) in [6.45, 7) is 6.64. The maximum Gasteiger partial charge on any atom is 0.118 e. The van der Waals surface area contributed by atoms with Gasteiger partial charge in [0.1, 0.15) is 5.75 Å². The lowest BCUT2D eigenvalue weighted by atomic mass is 10.2. The van der Waals surface area contributed by atoms with E-state index in [9.17, 15) is 0 Å². The summed E-state index contributed by atoms with van der Waals surface area (Å²) in [5, 5.41) is 0. The molecule has 0 saturated carbocycles. The molecule has 1 aliphatic heterocycles. The highest BCUT2D eigenvalue weighted by Crippen LogP contribution is 2.15. The zero-order valence-electron chi connectivity index (χ0n) is 13.5. The first-order valence-electron chi connectivity index (χ1n) is 7.92. The molecule has 1 fully saturated rings. The minimum absolute atomic E-state index is 0.927. The van der Waals surface area contributed by atoms with Gasteiger partial charge in [0.15, 0.2) is 0 Å². The van der Waals surface area contributed by atoms with Gasteiger partial charge >= 0.3 is 0 Å². The molecule has 0 N–H and O–H groups in total. The van der Waals surface area contributed by atoms with Gasteiger partial charge in [0.05, 0.1) is 7.11 Å². The summed E-state index contributed by atoms with van der Waals surface area (Å²) in [5.41, 5.74) is 2.75. The molecule has 3 rings (SSSR count). The fourth-order valence-corrected chi connectivity index (χ4v) is 2.98. The van der Waals surface area contributed by atoms with Gasteiger partial charge in [-0.05, 0) is 29.8 Å². The van der Waals surface area contributed by atoms with E-state index in [0.717, 1.165) is 45.0 Å². The molecule has 2 heterocycles. The van der Waals surface area contributed by atoms with E-state index in [0.29, 0.717) is 0 Å². The second-order valence-electron chi connectivity index (χ2n) is 6.01. The third-order valence-electron chi connectivity index (χ3n) is 4.47. The van der Waals surface area contributed by atoms with Crippen LogP contribution in [-0.2, 0) is 20.1 Å². The van der Waals surface area contributed by atoms with Gasteiger partial charge in [-0.1, -0.05) is 12.1 Å². The smallest absolute Gasteiger partial charge is 0.118 e. The monoisotopic (exact) mass is 299 g/mol. The number of nitrogens with zero attached hydrogens (tertiary/aromatic N) is 3. The Balaban J connectivity index is 1.48. The van der Waals surface area contributed by atoms with Gasteiger partial charge < -0.3 is 9.30 Å². The average molecular weight is 299 g/mol. The molecule has 0 bridgehead atoms. The van der Waals surface area contributed by atoms with Crippen LogP contribution in [0.1, 0.15) is 11.3 Å². The standard InChI is InChI=1S/C18H25N3O/c1-19-9-3-4-17(19)15-21-12-10-20(11-13-21)14-16-5-7-18(22-2)8-6-16/h3-9H,10-15H2,1-2H3. The first-order valence-corrected chi connectivity index (χ1v) is 7.92. The summed E-state index contributed by atoms with van der Waals surface area (Å²) in [6, 6.07) is 12.7. The summed E-state index contributed by atoms with van der Waals surface area (Å²) in [7, 11) is 3.83. The average Bonchev–Trinajstić information content (AvgIpc) is 2.95. The second-order valence-corrected chi connectivity index (χ2v) is 6.01. The molecule has 2 aromatic rings. The highest BCUT2D eigenvalue weighted by Gasteiger charge is 2.17. The number of aryl methyl sites for hydroxylation is 1. The Bertz CT molecular complexity index is 583. The van der Waals surface area contributed by atoms with Crippen molar-refractivity contribution in [2.24, 2.45) is 7.05 Å². The molecule has 4 nitrogen and oxygen atoms in total. The van der Waals surface area contributed by atoms with Crippen molar-refractivity contribution in [1.29, 1.82) is 0 Å². The lowest BCUT2D eigenvalue weighted by Crippen LogP contribution is -2.45. The lowest BCUT2D eigenvalue weighted by molar-refractivity contribution is 0.120. The SMILES string of the molecule is COc1ccc(CN2CCN(Cc3cccn3C)CC2)cc1. The normalized spacial score (nSPS) is 16.8. The van der Waals surface area contributed by atoms with Crippen LogP contribution in [0.3, 0.4) is 0 Å². The van der Waals surface area contributed by atoms with Gasteiger partial charge in [0, 0.05) is 58.2 Å². The third kappa shape index (κ3) is 3.70. The van der Waals surface area contributed by atoms with Crippen molar-refractivity contribution in [1.82, 2.24) is 14.4 Å².